The maximum atomic E-state index is 11.9. The van der Waals surface area contributed by atoms with E-state index < -0.39 is 0 Å². The van der Waals surface area contributed by atoms with Gasteiger partial charge in [0.25, 0.3) is 0 Å². The fourth-order valence-corrected chi connectivity index (χ4v) is 2.58. The van der Waals surface area contributed by atoms with E-state index >= 15 is 0 Å². The second-order valence-corrected chi connectivity index (χ2v) is 4.82. The van der Waals surface area contributed by atoms with Gasteiger partial charge >= 0.3 is 0 Å². The van der Waals surface area contributed by atoms with E-state index in [9.17, 15) is 4.79 Å². The Labute approximate surface area is 113 Å². The molecule has 4 nitrogen and oxygen atoms in total. The number of nitrogens with one attached hydrogen (secondary N) is 1. The second kappa shape index (κ2) is 8.11. The number of pyridine rings is 1. The maximum Gasteiger partial charge on any atom is 0.232 e. The molecule has 0 saturated carbocycles. The zero-order chi connectivity index (χ0) is 13.4. The minimum Gasteiger partial charge on any atom is -0.343 e. The third-order valence-corrected chi connectivity index (χ3v) is 3.70. The third kappa shape index (κ3) is 4.31. The Hall–Kier alpha value is -1.07. The first-order valence-electron chi connectivity index (χ1n) is 6.22. The fourth-order valence-electron chi connectivity index (χ4n) is 1.68. The molecule has 0 atom stereocenters. The Morgan fingerprint density at radius 2 is 2.17 bits per heavy atom. The number of carbonyl (C=O) groups excluding carboxylic acids is 1. The van der Waals surface area contributed by atoms with E-state index in [0.29, 0.717) is 5.75 Å². The van der Waals surface area contributed by atoms with Gasteiger partial charge < -0.3 is 10.2 Å². The summed E-state index contributed by atoms with van der Waals surface area (Å²) >= 11 is 1.51. The summed E-state index contributed by atoms with van der Waals surface area (Å²) in [6.07, 6.45) is 1.77. The lowest BCUT2D eigenvalue weighted by molar-refractivity contribution is -0.127. The van der Waals surface area contributed by atoms with Gasteiger partial charge in [-0.05, 0) is 32.5 Å². The van der Waals surface area contributed by atoms with Crippen LogP contribution in [0.4, 0.5) is 0 Å². The molecule has 1 N–H and O–H groups in total. The molecular formula is C13H21N3OS. The molecule has 0 radical (unpaired) electrons. The van der Waals surface area contributed by atoms with Crippen molar-refractivity contribution >= 4 is 17.7 Å². The molecule has 0 aromatic carbocycles. The van der Waals surface area contributed by atoms with Gasteiger partial charge in [0.15, 0.2) is 0 Å². The van der Waals surface area contributed by atoms with Gasteiger partial charge in [-0.1, -0.05) is 17.8 Å². The number of rotatable bonds is 7. The van der Waals surface area contributed by atoms with E-state index in [0.717, 1.165) is 30.2 Å². The molecule has 1 rings (SSSR count). The lowest BCUT2D eigenvalue weighted by Gasteiger charge is -2.18. The third-order valence-electron chi connectivity index (χ3n) is 2.67. The van der Waals surface area contributed by atoms with Gasteiger partial charge in [-0.2, -0.15) is 0 Å². The Kier molecular flexibility index (Phi) is 6.75. The summed E-state index contributed by atoms with van der Waals surface area (Å²) in [5.74, 6) is 0.626. The van der Waals surface area contributed by atoms with E-state index in [2.05, 4.69) is 10.3 Å². The normalized spacial score (nSPS) is 10.4. The number of nitrogens with zero attached hydrogens (tertiary/aromatic N) is 2. The molecule has 0 aliphatic carbocycles. The Bertz CT molecular complexity index is 380. The van der Waals surface area contributed by atoms with E-state index in [1.165, 1.54) is 11.8 Å². The minimum atomic E-state index is 0.172. The van der Waals surface area contributed by atoms with E-state index in [4.69, 9.17) is 0 Å². The summed E-state index contributed by atoms with van der Waals surface area (Å²) < 4.78 is 0. The van der Waals surface area contributed by atoms with Gasteiger partial charge in [-0.25, -0.2) is 4.98 Å². The van der Waals surface area contributed by atoms with Gasteiger partial charge in [-0.15, -0.1) is 0 Å². The van der Waals surface area contributed by atoms with E-state index in [-0.39, 0.29) is 5.91 Å². The Morgan fingerprint density at radius 3 is 2.78 bits per heavy atom. The molecule has 100 valence electrons. The second-order valence-electron chi connectivity index (χ2n) is 3.85. The van der Waals surface area contributed by atoms with Crippen LogP contribution < -0.4 is 5.32 Å². The molecule has 1 amide bonds. The highest BCUT2D eigenvalue weighted by Crippen LogP contribution is 2.20. The number of thioether (sulfide) groups is 1. The first kappa shape index (κ1) is 15.0. The van der Waals surface area contributed by atoms with Crippen molar-refractivity contribution in [3.05, 3.63) is 23.9 Å². The first-order valence-corrected chi connectivity index (χ1v) is 7.20. The van der Waals surface area contributed by atoms with Crippen LogP contribution in [0.15, 0.2) is 23.4 Å². The number of hydrogen-bond acceptors (Lipinski definition) is 4. The largest absolute Gasteiger partial charge is 0.343 e. The number of hydrogen-bond donors (Lipinski definition) is 1. The average molecular weight is 267 g/mol. The maximum absolute atomic E-state index is 11.9. The highest BCUT2D eigenvalue weighted by Gasteiger charge is 2.11. The van der Waals surface area contributed by atoms with Crippen molar-refractivity contribution in [1.82, 2.24) is 15.2 Å². The minimum absolute atomic E-state index is 0.172. The van der Waals surface area contributed by atoms with Crippen LogP contribution in [0.25, 0.3) is 0 Å². The lowest BCUT2D eigenvalue weighted by atomic mass is 10.3. The summed E-state index contributed by atoms with van der Waals surface area (Å²) in [7, 11) is 1.91. The smallest absolute Gasteiger partial charge is 0.232 e. The topological polar surface area (TPSA) is 45.2 Å². The predicted molar refractivity (Wildman–Crippen MR) is 75.7 cm³/mol. The molecule has 0 spiro atoms. The van der Waals surface area contributed by atoms with E-state index in [1.807, 2.05) is 37.9 Å². The monoisotopic (exact) mass is 267 g/mol. The van der Waals surface area contributed by atoms with Crippen LogP contribution >= 0.6 is 11.8 Å². The number of amides is 1. The molecule has 5 heteroatoms. The predicted octanol–water partition coefficient (Wildman–Crippen LogP) is 1.76. The fraction of sp³-hybridized carbons (Fsp3) is 0.538. The van der Waals surface area contributed by atoms with Crippen LogP contribution in [0.5, 0.6) is 0 Å². The van der Waals surface area contributed by atoms with Crippen molar-refractivity contribution in [2.24, 2.45) is 0 Å². The van der Waals surface area contributed by atoms with Gasteiger partial charge in [0, 0.05) is 25.8 Å². The molecule has 1 aromatic rings. The molecule has 0 aliphatic heterocycles. The molecule has 0 saturated heterocycles. The van der Waals surface area contributed by atoms with Crippen LogP contribution in [0.2, 0.25) is 0 Å². The molecule has 0 unspecified atom stereocenters. The molecule has 1 heterocycles. The summed E-state index contributed by atoms with van der Waals surface area (Å²) in [5, 5.41) is 4.05. The lowest BCUT2D eigenvalue weighted by Crippen LogP contribution is -2.31. The zero-order valence-electron chi connectivity index (χ0n) is 11.3. The summed E-state index contributed by atoms with van der Waals surface area (Å²) in [6.45, 7) is 6.30. The zero-order valence-corrected chi connectivity index (χ0v) is 12.1. The van der Waals surface area contributed by atoms with Crippen molar-refractivity contribution in [2.45, 2.75) is 25.4 Å². The molecular weight excluding hydrogens is 246 g/mol. The van der Waals surface area contributed by atoms with Crippen molar-refractivity contribution in [2.75, 3.05) is 25.9 Å². The molecule has 1 aromatic heterocycles. The number of aromatic nitrogens is 1. The van der Waals surface area contributed by atoms with Gasteiger partial charge in [0.05, 0.1) is 5.75 Å². The molecule has 18 heavy (non-hydrogen) atoms. The summed E-state index contributed by atoms with van der Waals surface area (Å²) in [5.41, 5.74) is 1.14. The van der Waals surface area contributed by atoms with Crippen molar-refractivity contribution in [1.29, 1.82) is 0 Å². The van der Waals surface area contributed by atoms with Crippen LogP contribution in [0.1, 0.15) is 19.4 Å². The molecule has 0 aliphatic rings. The Balaban J connectivity index is 2.60. The quantitative estimate of drug-likeness (QED) is 0.765. The van der Waals surface area contributed by atoms with Crippen LogP contribution in [0, 0.1) is 0 Å². The standard InChI is InChI=1S/C13H21N3OS/c1-4-16(5-2)12(17)10-18-13-11(9-14-3)7-6-8-15-13/h6-8,14H,4-5,9-10H2,1-3H3. The van der Waals surface area contributed by atoms with Crippen molar-refractivity contribution in [3.8, 4) is 0 Å². The van der Waals surface area contributed by atoms with Crippen LogP contribution in [-0.4, -0.2) is 41.7 Å². The highest BCUT2D eigenvalue weighted by molar-refractivity contribution is 7.99. The SMILES string of the molecule is CCN(CC)C(=O)CSc1ncccc1CNC. The van der Waals surface area contributed by atoms with Crippen LogP contribution in [0.3, 0.4) is 0 Å². The average Bonchev–Trinajstić information content (AvgIpc) is 2.39. The Morgan fingerprint density at radius 1 is 1.44 bits per heavy atom. The van der Waals surface area contributed by atoms with Gasteiger partial charge in [0.2, 0.25) is 5.91 Å². The van der Waals surface area contributed by atoms with Crippen molar-refractivity contribution < 1.29 is 4.79 Å². The summed E-state index contributed by atoms with van der Waals surface area (Å²) in [4.78, 5) is 18.1. The molecule has 0 bridgehead atoms. The van der Waals surface area contributed by atoms with Gasteiger partial charge in [-0.3, -0.25) is 4.79 Å². The highest BCUT2D eigenvalue weighted by atomic mass is 32.2. The van der Waals surface area contributed by atoms with Crippen LogP contribution in [-0.2, 0) is 11.3 Å². The van der Waals surface area contributed by atoms with E-state index in [1.54, 1.807) is 6.20 Å². The van der Waals surface area contributed by atoms with Crippen molar-refractivity contribution in [3.63, 3.8) is 0 Å². The van der Waals surface area contributed by atoms with Gasteiger partial charge in [0.1, 0.15) is 5.03 Å². The molecule has 0 fully saturated rings. The summed E-state index contributed by atoms with van der Waals surface area (Å²) in [6, 6.07) is 3.96. The number of carbonyl (C=O) groups is 1. The first-order chi connectivity index (χ1) is 8.72.